The first-order valence-electron chi connectivity index (χ1n) is 5.16. The second-order valence-corrected chi connectivity index (χ2v) is 5.89. The van der Waals surface area contributed by atoms with E-state index in [9.17, 15) is 4.79 Å². The lowest BCUT2D eigenvalue weighted by Gasteiger charge is -2.14. The highest BCUT2D eigenvalue weighted by Gasteiger charge is 2.22. The van der Waals surface area contributed by atoms with Crippen LogP contribution in [-0.2, 0) is 11.2 Å². The van der Waals surface area contributed by atoms with Gasteiger partial charge in [0.05, 0.1) is 6.42 Å². The molecule has 1 aromatic rings. The van der Waals surface area contributed by atoms with Crippen LogP contribution in [0.15, 0.2) is 0 Å². The van der Waals surface area contributed by atoms with Gasteiger partial charge in [0.1, 0.15) is 16.6 Å². The first-order chi connectivity index (χ1) is 6.80. The topological polar surface area (TPSA) is 42.9 Å². The average molecular weight is 226 g/mol. The molecule has 1 aromatic heterocycles. The predicted octanol–water partition coefficient (Wildman–Crippen LogP) is 2.82. The molecule has 0 spiro atoms. The Labute approximate surface area is 95.1 Å². The molecule has 3 nitrogen and oxygen atoms in total. The van der Waals surface area contributed by atoms with Gasteiger partial charge < -0.3 is 0 Å². The third kappa shape index (κ3) is 3.38. The average Bonchev–Trinajstić information content (AvgIpc) is 2.50. The van der Waals surface area contributed by atoms with E-state index in [-0.39, 0.29) is 11.2 Å². The fourth-order valence-corrected chi connectivity index (χ4v) is 1.76. The summed E-state index contributed by atoms with van der Waals surface area (Å²) in [5.41, 5.74) is -0.288. The summed E-state index contributed by atoms with van der Waals surface area (Å²) in [4.78, 5) is 16.1. The van der Waals surface area contributed by atoms with Crippen molar-refractivity contribution in [2.75, 3.05) is 0 Å². The highest BCUT2D eigenvalue weighted by Crippen LogP contribution is 2.20. The molecule has 0 atom stereocenters. The normalized spacial score (nSPS) is 12.1. The SMILES string of the molecule is CC(C)c1nsc(CC(=O)C(C)(C)C)n1. The second-order valence-electron chi connectivity index (χ2n) is 5.05. The van der Waals surface area contributed by atoms with Gasteiger partial charge in [0.2, 0.25) is 0 Å². The molecular formula is C11H18N2OS. The molecule has 0 saturated carbocycles. The molecule has 0 radical (unpaired) electrons. The van der Waals surface area contributed by atoms with E-state index in [4.69, 9.17) is 0 Å². The maximum atomic E-state index is 11.8. The fourth-order valence-electron chi connectivity index (χ4n) is 0.977. The Bertz CT molecular complexity index is 350. The number of carbonyl (C=O) groups is 1. The van der Waals surface area contributed by atoms with Crippen molar-refractivity contribution in [2.45, 2.75) is 47.0 Å². The molecule has 0 saturated heterocycles. The van der Waals surface area contributed by atoms with Crippen LogP contribution in [0.25, 0.3) is 0 Å². The van der Waals surface area contributed by atoms with E-state index in [1.807, 2.05) is 20.8 Å². The van der Waals surface area contributed by atoms with Gasteiger partial charge in [-0.25, -0.2) is 4.98 Å². The molecular weight excluding hydrogens is 208 g/mol. The zero-order valence-electron chi connectivity index (χ0n) is 10.00. The number of rotatable bonds is 3. The minimum atomic E-state index is -0.288. The zero-order chi connectivity index (χ0) is 11.6. The van der Waals surface area contributed by atoms with E-state index in [0.29, 0.717) is 12.3 Å². The number of hydrogen-bond acceptors (Lipinski definition) is 4. The lowest BCUT2D eigenvalue weighted by molar-refractivity contribution is -0.125. The van der Waals surface area contributed by atoms with Crippen LogP contribution in [-0.4, -0.2) is 15.1 Å². The number of hydrogen-bond donors (Lipinski definition) is 0. The van der Waals surface area contributed by atoms with Crippen molar-refractivity contribution < 1.29 is 4.79 Å². The minimum Gasteiger partial charge on any atom is -0.299 e. The molecule has 0 amide bonds. The van der Waals surface area contributed by atoms with E-state index in [1.165, 1.54) is 11.5 Å². The Kier molecular flexibility index (Phi) is 3.60. The summed E-state index contributed by atoms with van der Waals surface area (Å²) in [7, 11) is 0. The molecule has 0 N–H and O–H groups in total. The molecule has 0 aromatic carbocycles. The third-order valence-corrected chi connectivity index (χ3v) is 2.87. The van der Waals surface area contributed by atoms with Gasteiger partial charge in [-0.2, -0.15) is 4.37 Å². The summed E-state index contributed by atoms with van der Waals surface area (Å²) >= 11 is 1.34. The lowest BCUT2D eigenvalue weighted by atomic mass is 9.89. The molecule has 0 aliphatic rings. The Balaban J connectivity index is 2.70. The van der Waals surface area contributed by atoms with E-state index >= 15 is 0 Å². The van der Waals surface area contributed by atoms with Crippen molar-refractivity contribution in [3.63, 3.8) is 0 Å². The minimum absolute atomic E-state index is 0.217. The Hall–Kier alpha value is -0.770. The summed E-state index contributed by atoms with van der Waals surface area (Å²) < 4.78 is 4.23. The summed E-state index contributed by atoms with van der Waals surface area (Å²) in [6.07, 6.45) is 0.411. The first-order valence-corrected chi connectivity index (χ1v) is 5.94. The Morgan fingerprint density at radius 1 is 1.40 bits per heavy atom. The van der Waals surface area contributed by atoms with Gasteiger partial charge in [-0.05, 0) is 11.5 Å². The first kappa shape index (κ1) is 12.3. The molecule has 4 heteroatoms. The van der Waals surface area contributed by atoms with Gasteiger partial charge >= 0.3 is 0 Å². The standard InChI is InChI=1S/C11H18N2OS/c1-7(2)10-12-9(15-13-10)6-8(14)11(3,4)5/h7H,6H2,1-5H3. The van der Waals surface area contributed by atoms with Crippen molar-refractivity contribution in [3.8, 4) is 0 Å². The van der Waals surface area contributed by atoms with Crippen molar-refractivity contribution in [3.05, 3.63) is 10.8 Å². The molecule has 1 rings (SSSR count). The molecule has 1 heterocycles. The van der Waals surface area contributed by atoms with Gasteiger partial charge in [0, 0.05) is 11.3 Å². The summed E-state index contributed by atoms with van der Waals surface area (Å²) in [6.45, 7) is 9.90. The number of Topliss-reactive ketones (excluding diaryl/α,β-unsaturated/α-hetero) is 1. The number of nitrogens with zero attached hydrogens (tertiary/aromatic N) is 2. The van der Waals surface area contributed by atoms with E-state index < -0.39 is 0 Å². The van der Waals surface area contributed by atoms with Crippen molar-refractivity contribution in [1.82, 2.24) is 9.36 Å². The number of ketones is 1. The van der Waals surface area contributed by atoms with Gasteiger partial charge in [0.15, 0.2) is 0 Å². The predicted molar refractivity (Wildman–Crippen MR) is 62.2 cm³/mol. The maximum absolute atomic E-state index is 11.8. The maximum Gasteiger partial charge on any atom is 0.145 e. The van der Waals surface area contributed by atoms with Crippen molar-refractivity contribution in [1.29, 1.82) is 0 Å². The quantitative estimate of drug-likeness (QED) is 0.796. The van der Waals surface area contributed by atoms with Crippen LogP contribution < -0.4 is 0 Å². The molecule has 15 heavy (non-hydrogen) atoms. The molecule has 0 unspecified atom stereocenters. The molecule has 0 fully saturated rings. The second kappa shape index (κ2) is 4.39. The fraction of sp³-hybridized carbons (Fsp3) is 0.727. The van der Waals surface area contributed by atoms with E-state index in [2.05, 4.69) is 23.2 Å². The Morgan fingerprint density at radius 2 is 2.00 bits per heavy atom. The van der Waals surface area contributed by atoms with Crippen LogP contribution in [0.4, 0.5) is 0 Å². The third-order valence-electron chi connectivity index (χ3n) is 2.15. The molecule has 84 valence electrons. The van der Waals surface area contributed by atoms with Crippen LogP contribution >= 0.6 is 11.5 Å². The van der Waals surface area contributed by atoms with Gasteiger partial charge in [-0.15, -0.1) is 0 Å². The van der Waals surface area contributed by atoms with Gasteiger partial charge in [0.25, 0.3) is 0 Å². The van der Waals surface area contributed by atoms with Crippen molar-refractivity contribution >= 4 is 17.3 Å². The largest absolute Gasteiger partial charge is 0.299 e. The monoisotopic (exact) mass is 226 g/mol. The Morgan fingerprint density at radius 3 is 2.40 bits per heavy atom. The zero-order valence-corrected chi connectivity index (χ0v) is 10.8. The highest BCUT2D eigenvalue weighted by molar-refractivity contribution is 7.05. The van der Waals surface area contributed by atoms with Crippen LogP contribution in [0.5, 0.6) is 0 Å². The van der Waals surface area contributed by atoms with E-state index in [0.717, 1.165) is 10.8 Å². The van der Waals surface area contributed by atoms with Gasteiger partial charge in [-0.3, -0.25) is 4.79 Å². The van der Waals surface area contributed by atoms with Crippen LogP contribution in [0.3, 0.4) is 0 Å². The van der Waals surface area contributed by atoms with Crippen LogP contribution in [0, 0.1) is 5.41 Å². The number of carbonyl (C=O) groups excluding carboxylic acids is 1. The van der Waals surface area contributed by atoms with Crippen LogP contribution in [0.1, 0.15) is 51.4 Å². The van der Waals surface area contributed by atoms with Gasteiger partial charge in [-0.1, -0.05) is 34.6 Å². The summed E-state index contributed by atoms with van der Waals surface area (Å²) in [5.74, 6) is 1.39. The van der Waals surface area contributed by atoms with Crippen molar-refractivity contribution in [2.24, 2.45) is 5.41 Å². The highest BCUT2D eigenvalue weighted by atomic mass is 32.1. The molecule has 0 aliphatic carbocycles. The number of aromatic nitrogens is 2. The summed E-state index contributed by atoms with van der Waals surface area (Å²) in [6, 6.07) is 0. The smallest absolute Gasteiger partial charge is 0.145 e. The molecule has 0 bridgehead atoms. The summed E-state index contributed by atoms with van der Waals surface area (Å²) in [5, 5.41) is 0.832. The van der Waals surface area contributed by atoms with Crippen LogP contribution in [0.2, 0.25) is 0 Å². The molecule has 0 aliphatic heterocycles. The lowest BCUT2D eigenvalue weighted by Crippen LogP contribution is -2.22. The van der Waals surface area contributed by atoms with E-state index in [1.54, 1.807) is 0 Å².